The summed E-state index contributed by atoms with van der Waals surface area (Å²) in [6, 6.07) is 49.6. The molecule has 5 aliphatic rings. The number of nitro benzene ring substituents is 1. The van der Waals surface area contributed by atoms with Crippen LogP contribution >= 0.6 is 0 Å². The molecule has 0 unspecified atom stereocenters. The Labute approximate surface area is 352 Å². The van der Waals surface area contributed by atoms with Crippen molar-refractivity contribution in [2.75, 3.05) is 4.90 Å². The second-order valence-electron chi connectivity index (χ2n) is 17.7. The Bertz CT molecular complexity index is 3160. The van der Waals surface area contributed by atoms with E-state index in [1.54, 1.807) is 12.1 Å². The van der Waals surface area contributed by atoms with Gasteiger partial charge in [-0.2, -0.15) is 0 Å². The highest BCUT2D eigenvalue weighted by atomic mass is 16.6. The zero-order valence-corrected chi connectivity index (χ0v) is 33.8. The van der Waals surface area contributed by atoms with Crippen LogP contribution in [0.1, 0.15) is 49.9 Å². The third-order valence-corrected chi connectivity index (χ3v) is 13.7. The van der Waals surface area contributed by atoms with Gasteiger partial charge >= 0.3 is 0 Å². The Kier molecular flexibility index (Phi) is 6.48. The summed E-state index contributed by atoms with van der Waals surface area (Å²) in [6.07, 6.45) is 0. The number of benzene rings is 8. The van der Waals surface area contributed by atoms with Crippen LogP contribution < -0.4 is 19.1 Å². The lowest BCUT2D eigenvalue weighted by molar-refractivity contribution is -0.384. The van der Waals surface area contributed by atoms with E-state index in [-0.39, 0.29) is 21.4 Å². The average Bonchev–Trinajstić information content (AvgIpc) is 3.65. The van der Waals surface area contributed by atoms with Gasteiger partial charge in [0.2, 0.25) is 0 Å². The molecule has 0 saturated heterocycles. The van der Waals surface area contributed by atoms with Crippen LogP contribution in [0.3, 0.4) is 0 Å². The molecule has 3 aliphatic heterocycles. The smallest absolute Gasteiger partial charge is 0.277 e. The number of anilines is 3. The minimum absolute atomic E-state index is 0.00450. The Morgan fingerprint density at radius 2 is 0.754 bits per heavy atom. The predicted molar refractivity (Wildman–Crippen MR) is 239 cm³/mol. The van der Waals surface area contributed by atoms with Crippen molar-refractivity contribution >= 4 is 22.7 Å². The summed E-state index contributed by atoms with van der Waals surface area (Å²) in [5.74, 6) is 3.64. The van der Waals surface area contributed by atoms with Crippen molar-refractivity contribution in [3.8, 4) is 90.1 Å². The monoisotopic (exact) mass is 792 g/mol. The number of ether oxygens (including phenoxy) is 3. The van der Waals surface area contributed by atoms with E-state index in [4.69, 9.17) is 14.2 Å². The van der Waals surface area contributed by atoms with Gasteiger partial charge in [0.15, 0.2) is 34.5 Å². The second kappa shape index (κ2) is 11.5. The molecule has 13 rings (SSSR count). The van der Waals surface area contributed by atoms with Gasteiger partial charge in [0.05, 0.1) is 10.5 Å². The lowest BCUT2D eigenvalue weighted by atomic mass is 9.82. The van der Waals surface area contributed by atoms with E-state index in [0.29, 0.717) is 45.6 Å². The summed E-state index contributed by atoms with van der Waals surface area (Å²) < 4.78 is 20.9. The van der Waals surface area contributed by atoms with Gasteiger partial charge < -0.3 is 14.2 Å². The minimum atomic E-state index is -0.346. The summed E-state index contributed by atoms with van der Waals surface area (Å²) in [4.78, 5) is 14.2. The fourth-order valence-corrected chi connectivity index (χ4v) is 10.9. The molecular weight excluding hydrogens is 757 g/mol. The number of fused-ring (bicyclic) bond motifs is 6. The predicted octanol–water partition coefficient (Wildman–Crippen LogP) is 15.0. The molecule has 0 atom stereocenters. The van der Waals surface area contributed by atoms with E-state index in [2.05, 4.69) is 142 Å². The summed E-state index contributed by atoms with van der Waals surface area (Å²) in [5, 5.41) is 12.3. The summed E-state index contributed by atoms with van der Waals surface area (Å²) in [7, 11) is 0. The van der Waals surface area contributed by atoms with Gasteiger partial charge in [0.25, 0.3) is 5.69 Å². The molecule has 2 aliphatic carbocycles. The molecule has 292 valence electrons. The fraction of sp³-hybridized carbons (Fsp3) is 0.111. The highest BCUT2D eigenvalue weighted by Gasteiger charge is 2.44. The highest BCUT2D eigenvalue weighted by Crippen LogP contribution is 2.69. The molecule has 3 heterocycles. The van der Waals surface area contributed by atoms with Crippen molar-refractivity contribution in [2.24, 2.45) is 0 Å². The minimum Gasteiger partial charge on any atom is -0.453 e. The summed E-state index contributed by atoms with van der Waals surface area (Å²) in [6.45, 7) is 9.17. The molecule has 0 amide bonds. The number of hydrogen-bond donors (Lipinski definition) is 0. The maximum absolute atomic E-state index is 12.3. The zero-order valence-electron chi connectivity index (χ0n) is 33.8. The average molecular weight is 793 g/mol. The van der Waals surface area contributed by atoms with Crippen LogP contribution in [0.5, 0.6) is 34.5 Å². The van der Waals surface area contributed by atoms with Crippen LogP contribution in [0.15, 0.2) is 146 Å². The lowest BCUT2D eigenvalue weighted by Crippen LogP contribution is -2.24. The number of nitrogens with zero attached hydrogens (tertiary/aromatic N) is 2. The summed E-state index contributed by atoms with van der Waals surface area (Å²) in [5.41, 5.74) is 17.2. The van der Waals surface area contributed by atoms with E-state index >= 15 is 0 Å². The molecule has 0 aromatic heterocycles. The van der Waals surface area contributed by atoms with E-state index in [0.717, 1.165) is 39.3 Å². The van der Waals surface area contributed by atoms with Gasteiger partial charge in [-0.15, -0.1) is 0 Å². The van der Waals surface area contributed by atoms with Gasteiger partial charge in [-0.3, -0.25) is 15.0 Å². The Balaban J connectivity index is 1.06. The Morgan fingerprint density at radius 1 is 0.426 bits per heavy atom. The van der Waals surface area contributed by atoms with Gasteiger partial charge in [0.1, 0.15) is 17.1 Å². The maximum Gasteiger partial charge on any atom is 0.277 e. The molecule has 0 spiro atoms. The second-order valence-corrected chi connectivity index (χ2v) is 17.7. The van der Waals surface area contributed by atoms with E-state index in [1.807, 2.05) is 18.2 Å². The first kappa shape index (κ1) is 34.2. The molecule has 8 aromatic carbocycles. The number of para-hydroxylation sites is 1. The van der Waals surface area contributed by atoms with E-state index < -0.39 is 0 Å². The Hall–Kier alpha value is -7.64. The quantitative estimate of drug-likeness (QED) is 0.131. The standard InChI is InChI=1S/C54H36N2O5/c1-53(2)37-18-8-5-14-35(37)48-33(16-11-20-39(48)53)30-25-44-51-46(27-30)61-47-28-31(34-17-12-21-40-49(34)36-15-6-9-19-38(36)54(40,3)4)26-45-52(47)55(51)50-42(59-44)23-29(24-43(50)60-45)32-13-7-10-22-41(32)56(57)58/h5-28H,1-4H3. The van der Waals surface area contributed by atoms with Crippen LogP contribution in [0.25, 0.3) is 55.6 Å². The molecule has 0 N–H and O–H groups in total. The zero-order chi connectivity index (χ0) is 41.1. The Morgan fingerprint density at radius 3 is 1.16 bits per heavy atom. The number of rotatable bonds is 4. The van der Waals surface area contributed by atoms with Crippen molar-refractivity contribution in [1.82, 2.24) is 0 Å². The van der Waals surface area contributed by atoms with Gasteiger partial charge in [-0.05, 0) is 115 Å². The van der Waals surface area contributed by atoms with E-state index in [9.17, 15) is 10.1 Å². The van der Waals surface area contributed by atoms with Crippen molar-refractivity contribution < 1.29 is 19.1 Å². The van der Waals surface area contributed by atoms with Crippen molar-refractivity contribution in [3.05, 3.63) is 178 Å². The van der Waals surface area contributed by atoms with Crippen LogP contribution in [0.4, 0.5) is 22.7 Å². The first-order chi connectivity index (χ1) is 29.6. The molecule has 8 aromatic rings. The first-order valence-corrected chi connectivity index (χ1v) is 20.7. The SMILES string of the molecule is CC1(C)c2ccccc2-c2c(-c3cc4c5c(c3)Oc3cc(-c6cccc7c6-c6ccccc6C7(C)C)cc6c3N5c3c(cc(-c5ccccc5[N+](=O)[O-])cc3O6)O4)cccc21. The maximum atomic E-state index is 12.3. The first-order valence-electron chi connectivity index (χ1n) is 20.7. The van der Waals surface area contributed by atoms with Gasteiger partial charge in [-0.25, -0.2) is 0 Å². The molecule has 0 bridgehead atoms. The normalized spacial score (nSPS) is 15.3. The van der Waals surface area contributed by atoms with Crippen LogP contribution in [0.2, 0.25) is 0 Å². The third kappa shape index (κ3) is 4.42. The van der Waals surface area contributed by atoms with E-state index in [1.165, 1.54) is 50.6 Å². The molecule has 0 saturated carbocycles. The highest BCUT2D eigenvalue weighted by molar-refractivity contribution is 6.04. The number of hydrogen-bond acceptors (Lipinski definition) is 6. The molecule has 7 heteroatoms. The molecule has 0 fully saturated rings. The van der Waals surface area contributed by atoms with Crippen molar-refractivity contribution in [1.29, 1.82) is 0 Å². The molecule has 7 nitrogen and oxygen atoms in total. The largest absolute Gasteiger partial charge is 0.453 e. The van der Waals surface area contributed by atoms with Gasteiger partial charge in [-0.1, -0.05) is 125 Å². The molecule has 61 heavy (non-hydrogen) atoms. The van der Waals surface area contributed by atoms with Crippen molar-refractivity contribution in [2.45, 2.75) is 38.5 Å². The topological polar surface area (TPSA) is 74.1 Å². The molecule has 0 radical (unpaired) electrons. The third-order valence-electron chi connectivity index (χ3n) is 13.7. The van der Waals surface area contributed by atoms with Crippen LogP contribution in [-0.4, -0.2) is 4.92 Å². The summed E-state index contributed by atoms with van der Waals surface area (Å²) >= 11 is 0. The lowest BCUT2D eigenvalue weighted by Gasteiger charge is -2.42. The van der Waals surface area contributed by atoms with Gasteiger partial charge in [0, 0.05) is 16.9 Å². The van der Waals surface area contributed by atoms with Crippen LogP contribution in [-0.2, 0) is 10.8 Å². The van der Waals surface area contributed by atoms with Crippen LogP contribution in [0, 0.1) is 10.1 Å². The van der Waals surface area contributed by atoms with Crippen molar-refractivity contribution in [3.63, 3.8) is 0 Å². The fourth-order valence-electron chi connectivity index (χ4n) is 10.9. The molecular formula is C54H36N2O5. The number of nitro groups is 1.